The van der Waals surface area contributed by atoms with Crippen LogP contribution < -0.4 is 20.2 Å². The predicted octanol–water partition coefficient (Wildman–Crippen LogP) is 4.10. The summed E-state index contributed by atoms with van der Waals surface area (Å²) >= 11 is 11.6. The normalized spacial score (nSPS) is 10.6. The third-order valence-electron chi connectivity index (χ3n) is 4.39. The average molecular weight is 500 g/mol. The van der Waals surface area contributed by atoms with Crippen molar-refractivity contribution in [3.8, 4) is 11.5 Å². The van der Waals surface area contributed by atoms with Gasteiger partial charge in [0.25, 0.3) is 11.8 Å². The maximum Gasteiger partial charge on any atom is 0.343 e. The third kappa shape index (κ3) is 7.06. The van der Waals surface area contributed by atoms with Crippen molar-refractivity contribution < 1.29 is 23.9 Å². The lowest BCUT2D eigenvalue weighted by Gasteiger charge is -2.10. The van der Waals surface area contributed by atoms with Crippen LogP contribution in [-0.4, -0.2) is 37.7 Å². The van der Waals surface area contributed by atoms with Gasteiger partial charge in [-0.25, -0.2) is 10.2 Å². The molecule has 2 amide bonds. The van der Waals surface area contributed by atoms with Gasteiger partial charge < -0.3 is 14.8 Å². The van der Waals surface area contributed by atoms with Gasteiger partial charge in [-0.1, -0.05) is 23.2 Å². The summed E-state index contributed by atoms with van der Waals surface area (Å²) < 4.78 is 10.7. The number of rotatable bonds is 8. The Morgan fingerprint density at radius 2 is 1.50 bits per heavy atom. The molecule has 0 radical (unpaired) electrons. The standard InChI is InChI=1S/C24H19Cl2N3O5/c1-33-21-12-15(2-11-20(21)34-24(32)17-5-9-19(26)10-6-17)13-28-29-22(30)14-27-23(31)16-3-7-18(25)8-4-16/h2-13H,14H2,1H3,(H,27,31)(H,29,30). The quantitative estimate of drug-likeness (QED) is 0.210. The van der Waals surface area contributed by atoms with Gasteiger partial charge in [-0.2, -0.15) is 5.10 Å². The molecule has 0 spiro atoms. The summed E-state index contributed by atoms with van der Waals surface area (Å²) in [6.45, 7) is -0.262. The second-order valence-electron chi connectivity index (χ2n) is 6.79. The van der Waals surface area contributed by atoms with Crippen LogP contribution in [0.5, 0.6) is 11.5 Å². The number of esters is 1. The van der Waals surface area contributed by atoms with Crippen molar-refractivity contribution in [2.45, 2.75) is 0 Å². The Labute approximate surface area is 205 Å². The van der Waals surface area contributed by atoms with Crippen molar-refractivity contribution >= 4 is 47.2 Å². The first kappa shape index (κ1) is 24.8. The van der Waals surface area contributed by atoms with Crippen LogP contribution in [0.2, 0.25) is 10.0 Å². The molecule has 0 aliphatic heterocycles. The molecular weight excluding hydrogens is 481 g/mol. The number of carbonyl (C=O) groups excluding carboxylic acids is 3. The van der Waals surface area contributed by atoms with Crippen LogP contribution >= 0.6 is 23.2 Å². The second-order valence-corrected chi connectivity index (χ2v) is 7.66. The molecule has 3 aromatic carbocycles. The van der Waals surface area contributed by atoms with Crippen molar-refractivity contribution in [3.05, 3.63) is 93.5 Å². The van der Waals surface area contributed by atoms with E-state index in [2.05, 4.69) is 15.8 Å². The molecule has 0 aliphatic rings. The Kier molecular flexibility index (Phi) is 8.61. The molecule has 3 aromatic rings. The Morgan fingerprint density at radius 3 is 2.12 bits per heavy atom. The lowest BCUT2D eigenvalue weighted by molar-refractivity contribution is -0.120. The largest absolute Gasteiger partial charge is 0.493 e. The summed E-state index contributed by atoms with van der Waals surface area (Å²) in [5.74, 6) is -0.978. The minimum Gasteiger partial charge on any atom is -0.493 e. The topological polar surface area (TPSA) is 106 Å². The molecule has 0 saturated heterocycles. The number of benzene rings is 3. The Balaban J connectivity index is 1.53. The smallest absolute Gasteiger partial charge is 0.343 e. The van der Waals surface area contributed by atoms with E-state index in [1.165, 1.54) is 13.3 Å². The molecule has 0 fully saturated rings. The molecule has 2 N–H and O–H groups in total. The zero-order valence-corrected chi connectivity index (χ0v) is 19.4. The van der Waals surface area contributed by atoms with Crippen LogP contribution in [0.4, 0.5) is 0 Å². The summed E-state index contributed by atoms with van der Waals surface area (Å²) in [6.07, 6.45) is 1.38. The summed E-state index contributed by atoms with van der Waals surface area (Å²) in [6, 6.07) is 17.3. The highest BCUT2D eigenvalue weighted by molar-refractivity contribution is 6.31. The molecule has 0 aliphatic carbocycles. The van der Waals surface area contributed by atoms with Crippen molar-refractivity contribution in [1.82, 2.24) is 10.7 Å². The minimum atomic E-state index is -0.565. The molecule has 0 unspecified atom stereocenters. The van der Waals surface area contributed by atoms with E-state index < -0.39 is 17.8 Å². The van der Waals surface area contributed by atoms with E-state index in [9.17, 15) is 14.4 Å². The number of ether oxygens (including phenoxy) is 2. The summed E-state index contributed by atoms with van der Waals surface area (Å²) in [5.41, 5.74) is 3.61. The van der Waals surface area contributed by atoms with E-state index >= 15 is 0 Å². The molecule has 10 heteroatoms. The molecule has 3 rings (SSSR count). The molecular formula is C24H19Cl2N3O5. The minimum absolute atomic E-state index is 0.216. The van der Waals surface area contributed by atoms with Crippen molar-refractivity contribution in [3.63, 3.8) is 0 Å². The van der Waals surface area contributed by atoms with Crippen LogP contribution in [0.1, 0.15) is 26.3 Å². The highest BCUT2D eigenvalue weighted by Gasteiger charge is 2.13. The van der Waals surface area contributed by atoms with Crippen molar-refractivity contribution in [2.24, 2.45) is 5.10 Å². The van der Waals surface area contributed by atoms with Crippen LogP contribution in [0.25, 0.3) is 0 Å². The number of hydrogen-bond acceptors (Lipinski definition) is 6. The molecule has 0 saturated carbocycles. The zero-order valence-electron chi connectivity index (χ0n) is 17.9. The highest BCUT2D eigenvalue weighted by atomic mass is 35.5. The maximum atomic E-state index is 12.3. The summed E-state index contributed by atoms with van der Waals surface area (Å²) in [7, 11) is 1.43. The first-order valence-corrected chi connectivity index (χ1v) is 10.6. The second kappa shape index (κ2) is 11.8. The van der Waals surface area contributed by atoms with E-state index in [1.54, 1.807) is 66.7 Å². The molecule has 174 valence electrons. The van der Waals surface area contributed by atoms with Gasteiger partial charge in [-0.15, -0.1) is 0 Å². The fourth-order valence-corrected chi connectivity index (χ4v) is 2.93. The van der Waals surface area contributed by atoms with Crippen LogP contribution in [-0.2, 0) is 4.79 Å². The molecule has 34 heavy (non-hydrogen) atoms. The Hall–Kier alpha value is -3.88. The fraction of sp³-hybridized carbons (Fsp3) is 0.0833. The first-order valence-electron chi connectivity index (χ1n) is 9.87. The van der Waals surface area contributed by atoms with Gasteiger partial charge >= 0.3 is 5.97 Å². The highest BCUT2D eigenvalue weighted by Crippen LogP contribution is 2.28. The van der Waals surface area contributed by atoms with E-state index in [4.69, 9.17) is 32.7 Å². The van der Waals surface area contributed by atoms with Crippen molar-refractivity contribution in [1.29, 1.82) is 0 Å². The zero-order chi connectivity index (χ0) is 24.5. The van der Waals surface area contributed by atoms with E-state index in [0.717, 1.165) is 0 Å². The molecule has 0 heterocycles. The lowest BCUT2D eigenvalue weighted by atomic mass is 10.2. The van der Waals surface area contributed by atoms with Gasteiger partial charge in [0.1, 0.15) is 0 Å². The first-order chi connectivity index (χ1) is 16.4. The number of nitrogens with zero attached hydrogens (tertiary/aromatic N) is 1. The Morgan fingerprint density at radius 1 is 0.882 bits per heavy atom. The van der Waals surface area contributed by atoms with Crippen molar-refractivity contribution in [2.75, 3.05) is 13.7 Å². The monoisotopic (exact) mass is 499 g/mol. The van der Waals surface area contributed by atoms with Gasteiger partial charge in [0.2, 0.25) is 0 Å². The molecule has 0 bridgehead atoms. The number of methoxy groups -OCH3 is 1. The number of carbonyl (C=O) groups is 3. The van der Waals surface area contributed by atoms with Gasteiger partial charge in [-0.3, -0.25) is 9.59 Å². The third-order valence-corrected chi connectivity index (χ3v) is 4.89. The van der Waals surface area contributed by atoms with E-state index in [1.807, 2.05) is 0 Å². The van der Waals surface area contributed by atoms with Crippen LogP contribution in [0.15, 0.2) is 71.8 Å². The Bertz CT molecular complexity index is 1210. The SMILES string of the molecule is COc1cc(C=NNC(=O)CNC(=O)c2ccc(Cl)cc2)ccc1OC(=O)c1ccc(Cl)cc1. The molecule has 0 aromatic heterocycles. The lowest BCUT2D eigenvalue weighted by Crippen LogP contribution is -2.34. The van der Waals surface area contributed by atoms with Gasteiger partial charge in [-0.05, 0) is 72.3 Å². The number of hydrazone groups is 1. The number of amides is 2. The van der Waals surface area contributed by atoms with Gasteiger partial charge in [0.15, 0.2) is 11.5 Å². The fourth-order valence-electron chi connectivity index (χ4n) is 2.68. The summed E-state index contributed by atoms with van der Waals surface area (Å²) in [5, 5.41) is 7.36. The van der Waals surface area contributed by atoms with Crippen LogP contribution in [0, 0.1) is 0 Å². The number of nitrogens with one attached hydrogen (secondary N) is 2. The van der Waals surface area contributed by atoms with E-state index in [-0.39, 0.29) is 12.3 Å². The van der Waals surface area contributed by atoms with Crippen LogP contribution in [0.3, 0.4) is 0 Å². The van der Waals surface area contributed by atoms with Gasteiger partial charge in [0.05, 0.1) is 25.4 Å². The average Bonchev–Trinajstić information content (AvgIpc) is 2.84. The molecule has 0 atom stereocenters. The summed E-state index contributed by atoms with van der Waals surface area (Å²) in [4.78, 5) is 36.2. The molecule has 8 nitrogen and oxygen atoms in total. The van der Waals surface area contributed by atoms with Gasteiger partial charge in [0, 0.05) is 15.6 Å². The predicted molar refractivity (Wildman–Crippen MR) is 129 cm³/mol. The number of hydrogen-bond donors (Lipinski definition) is 2. The number of halogens is 2. The van der Waals surface area contributed by atoms with E-state index in [0.29, 0.717) is 32.5 Å². The maximum absolute atomic E-state index is 12.3.